The van der Waals surface area contributed by atoms with Crippen molar-refractivity contribution in [2.45, 2.75) is 39.7 Å². The van der Waals surface area contributed by atoms with E-state index in [1.54, 1.807) is 6.20 Å². The molecular formula is C20H26N4O. The van der Waals surface area contributed by atoms with Crippen LogP contribution in [-0.4, -0.2) is 26.7 Å². The molecule has 3 rings (SSSR count). The predicted octanol–water partition coefficient (Wildman–Crippen LogP) is 3.85. The summed E-state index contributed by atoms with van der Waals surface area (Å²) in [6.07, 6.45) is 4.54. The number of aryl methyl sites for hydroxylation is 1. The average molecular weight is 338 g/mol. The van der Waals surface area contributed by atoms with Gasteiger partial charge in [0.2, 0.25) is 0 Å². The number of hydrogen-bond donors (Lipinski definition) is 1. The molecule has 5 nitrogen and oxygen atoms in total. The molecule has 0 amide bonds. The topological polar surface area (TPSA) is 65.4 Å². The minimum Gasteiger partial charge on any atom is -0.491 e. The maximum Gasteiger partial charge on any atom is 0.154 e. The van der Waals surface area contributed by atoms with Gasteiger partial charge in [0.15, 0.2) is 5.65 Å². The summed E-state index contributed by atoms with van der Waals surface area (Å²) in [7, 11) is 0. The Morgan fingerprint density at radius 2 is 2.08 bits per heavy atom. The molecule has 5 heteroatoms. The van der Waals surface area contributed by atoms with Crippen LogP contribution in [0, 0.1) is 12.8 Å². The van der Waals surface area contributed by atoms with E-state index in [0.29, 0.717) is 12.5 Å². The molecule has 0 fully saturated rings. The number of nitrogens with two attached hydrogens (primary N) is 1. The third kappa shape index (κ3) is 3.99. The molecule has 25 heavy (non-hydrogen) atoms. The van der Waals surface area contributed by atoms with Crippen molar-refractivity contribution < 1.29 is 4.74 Å². The van der Waals surface area contributed by atoms with Gasteiger partial charge in [0.1, 0.15) is 12.4 Å². The van der Waals surface area contributed by atoms with Gasteiger partial charge in [-0.25, -0.2) is 9.50 Å². The van der Waals surface area contributed by atoms with Crippen molar-refractivity contribution >= 4 is 5.65 Å². The largest absolute Gasteiger partial charge is 0.491 e. The van der Waals surface area contributed by atoms with Crippen LogP contribution in [0.15, 0.2) is 42.7 Å². The summed E-state index contributed by atoms with van der Waals surface area (Å²) in [5.41, 5.74) is 9.95. The number of fused-ring (bicyclic) bond motifs is 1. The van der Waals surface area contributed by atoms with Crippen molar-refractivity contribution in [2.75, 3.05) is 6.61 Å². The minimum atomic E-state index is -0.329. The highest BCUT2D eigenvalue weighted by Crippen LogP contribution is 2.27. The van der Waals surface area contributed by atoms with Crippen LogP contribution in [0.2, 0.25) is 0 Å². The summed E-state index contributed by atoms with van der Waals surface area (Å²) in [5.74, 6) is 1.41. The number of imidazole rings is 1. The van der Waals surface area contributed by atoms with Gasteiger partial charge in [-0.05, 0) is 62.1 Å². The molecular weight excluding hydrogens is 312 g/mol. The number of ether oxygens (including phenoxy) is 1. The standard InChI is InChI=1S/C20H26N4O/c1-14(2)11-20(4,21)13-25-18-8-7-16(10-15(18)3)17-12-22-19-6-5-9-23-24(17)19/h5-10,12,14H,11,13,21H2,1-4H3/t20-/m0/s1. The van der Waals surface area contributed by atoms with E-state index in [-0.39, 0.29) is 5.54 Å². The first-order chi connectivity index (χ1) is 11.9. The van der Waals surface area contributed by atoms with Crippen LogP contribution in [0.25, 0.3) is 16.9 Å². The molecule has 0 saturated heterocycles. The fourth-order valence-electron chi connectivity index (χ4n) is 3.23. The van der Waals surface area contributed by atoms with Crippen molar-refractivity contribution in [3.8, 4) is 17.0 Å². The summed E-state index contributed by atoms with van der Waals surface area (Å²) < 4.78 is 7.84. The zero-order valence-electron chi connectivity index (χ0n) is 15.4. The molecule has 1 atom stereocenters. The number of rotatable bonds is 6. The molecule has 0 aliphatic carbocycles. The monoisotopic (exact) mass is 338 g/mol. The lowest BCUT2D eigenvalue weighted by atomic mass is 9.93. The highest BCUT2D eigenvalue weighted by molar-refractivity contribution is 5.65. The first-order valence-corrected chi connectivity index (χ1v) is 8.67. The Bertz CT molecular complexity index is 867. The summed E-state index contributed by atoms with van der Waals surface area (Å²) in [5, 5.41) is 4.37. The van der Waals surface area contributed by atoms with E-state index in [1.165, 1.54) is 0 Å². The third-order valence-corrected chi connectivity index (χ3v) is 4.18. The third-order valence-electron chi connectivity index (χ3n) is 4.18. The summed E-state index contributed by atoms with van der Waals surface area (Å²) in [4.78, 5) is 4.40. The van der Waals surface area contributed by atoms with E-state index >= 15 is 0 Å². The van der Waals surface area contributed by atoms with Gasteiger partial charge in [0.05, 0.1) is 11.9 Å². The minimum absolute atomic E-state index is 0.329. The maximum absolute atomic E-state index is 6.34. The lowest BCUT2D eigenvalue weighted by molar-refractivity contribution is 0.206. The zero-order valence-corrected chi connectivity index (χ0v) is 15.4. The molecule has 0 aliphatic rings. The fraction of sp³-hybridized carbons (Fsp3) is 0.400. The van der Waals surface area contributed by atoms with Gasteiger partial charge in [-0.1, -0.05) is 13.8 Å². The highest BCUT2D eigenvalue weighted by atomic mass is 16.5. The molecule has 1 aromatic carbocycles. The van der Waals surface area contributed by atoms with Gasteiger partial charge in [0.25, 0.3) is 0 Å². The van der Waals surface area contributed by atoms with Crippen LogP contribution < -0.4 is 10.5 Å². The Kier molecular flexibility index (Phi) is 4.77. The van der Waals surface area contributed by atoms with Crippen molar-refractivity contribution in [1.82, 2.24) is 14.6 Å². The Balaban J connectivity index is 1.79. The average Bonchev–Trinajstić information content (AvgIpc) is 2.96. The molecule has 0 bridgehead atoms. The summed E-state index contributed by atoms with van der Waals surface area (Å²) >= 11 is 0. The van der Waals surface area contributed by atoms with Crippen molar-refractivity contribution in [3.63, 3.8) is 0 Å². The van der Waals surface area contributed by atoms with Crippen molar-refractivity contribution in [2.24, 2.45) is 11.7 Å². The SMILES string of the molecule is Cc1cc(-c2cnc3cccnn23)ccc1OC[C@@](C)(N)CC(C)C. The van der Waals surface area contributed by atoms with Gasteiger partial charge in [-0.2, -0.15) is 5.10 Å². The van der Waals surface area contributed by atoms with Crippen LogP contribution in [0.4, 0.5) is 0 Å². The second kappa shape index (κ2) is 6.84. The Morgan fingerprint density at radius 1 is 1.28 bits per heavy atom. The Labute approximate surface area is 148 Å². The number of nitrogens with zero attached hydrogens (tertiary/aromatic N) is 3. The van der Waals surface area contributed by atoms with Gasteiger partial charge < -0.3 is 10.5 Å². The maximum atomic E-state index is 6.34. The van der Waals surface area contributed by atoms with Crippen molar-refractivity contribution in [3.05, 3.63) is 48.3 Å². The molecule has 2 N–H and O–H groups in total. The number of benzene rings is 1. The van der Waals surface area contributed by atoms with E-state index in [1.807, 2.05) is 48.8 Å². The van der Waals surface area contributed by atoms with E-state index in [4.69, 9.17) is 10.5 Å². The predicted molar refractivity (Wildman–Crippen MR) is 101 cm³/mol. The lowest BCUT2D eigenvalue weighted by Gasteiger charge is -2.27. The Morgan fingerprint density at radius 3 is 2.80 bits per heavy atom. The molecule has 2 heterocycles. The molecule has 0 saturated carbocycles. The zero-order chi connectivity index (χ0) is 18.0. The molecule has 2 aromatic heterocycles. The molecule has 3 aromatic rings. The molecule has 0 unspecified atom stereocenters. The highest BCUT2D eigenvalue weighted by Gasteiger charge is 2.21. The number of hydrogen-bond acceptors (Lipinski definition) is 4. The first kappa shape index (κ1) is 17.4. The Hall–Kier alpha value is -2.40. The van der Waals surface area contributed by atoms with E-state index in [9.17, 15) is 0 Å². The van der Waals surface area contributed by atoms with Crippen LogP contribution in [0.1, 0.15) is 32.8 Å². The quantitative estimate of drug-likeness (QED) is 0.741. The van der Waals surface area contributed by atoms with Crippen LogP contribution in [-0.2, 0) is 0 Å². The second-order valence-corrected chi connectivity index (χ2v) is 7.46. The van der Waals surface area contributed by atoms with E-state index in [0.717, 1.165) is 34.6 Å². The van der Waals surface area contributed by atoms with Crippen LogP contribution in [0.5, 0.6) is 5.75 Å². The summed E-state index contributed by atoms with van der Waals surface area (Å²) in [6, 6.07) is 9.96. The first-order valence-electron chi connectivity index (χ1n) is 8.67. The van der Waals surface area contributed by atoms with Gasteiger partial charge in [-0.15, -0.1) is 0 Å². The van der Waals surface area contributed by atoms with Crippen molar-refractivity contribution in [1.29, 1.82) is 0 Å². The summed E-state index contributed by atoms with van der Waals surface area (Å²) in [6.45, 7) is 8.94. The molecule has 132 valence electrons. The fourth-order valence-corrected chi connectivity index (χ4v) is 3.23. The lowest BCUT2D eigenvalue weighted by Crippen LogP contribution is -2.43. The number of aromatic nitrogens is 3. The van der Waals surface area contributed by atoms with Gasteiger partial charge in [0, 0.05) is 17.3 Å². The smallest absolute Gasteiger partial charge is 0.154 e. The van der Waals surface area contributed by atoms with E-state index in [2.05, 4.69) is 30.0 Å². The molecule has 0 aliphatic heterocycles. The molecule has 0 spiro atoms. The van der Waals surface area contributed by atoms with Crippen LogP contribution >= 0.6 is 0 Å². The van der Waals surface area contributed by atoms with E-state index < -0.39 is 0 Å². The molecule has 0 radical (unpaired) electrons. The van der Waals surface area contributed by atoms with Crippen LogP contribution in [0.3, 0.4) is 0 Å². The van der Waals surface area contributed by atoms with Gasteiger partial charge in [-0.3, -0.25) is 0 Å². The second-order valence-electron chi connectivity index (χ2n) is 7.46. The van der Waals surface area contributed by atoms with Gasteiger partial charge >= 0.3 is 0 Å². The normalized spacial score (nSPS) is 14.0.